The van der Waals surface area contributed by atoms with Crippen LogP contribution in [0.2, 0.25) is 10.0 Å². The average molecular weight is 310 g/mol. The lowest BCUT2D eigenvalue weighted by Gasteiger charge is -2.33. The summed E-state index contributed by atoms with van der Waals surface area (Å²) in [5, 5.41) is 5.57. The zero-order valence-electron chi connectivity index (χ0n) is 11.5. The third kappa shape index (κ3) is 2.34. The molecular weight excluding hydrogens is 293 g/mol. The first-order valence-electron chi connectivity index (χ1n) is 6.65. The van der Waals surface area contributed by atoms with E-state index in [1.165, 1.54) is 5.69 Å². The Morgan fingerprint density at radius 2 is 2.05 bits per heavy atom. The van der Waals surface area contributed by atoms with E-state index in [-0.39, 0.29) is 11.5 Å². The molecule has 1 heterocycles. The van der Waals surface area contributed by atoms with Crippen molar-refractivity contribution in [2.45, 2.75) is 32.7 Å². The van der Waals surface area contributed by atoms with Gasteiger partial charge in [0.1, 0.15) is 0 Å². The molecular formula is C15H17Cl2N3. The summed E-state index contributed by atoms with van der Waals surface area (Å²) in [6.07, 6.45) is 3.81. The minimum absolute atomic E-state index is 0.0465. The molecule has 0 radical (unpaired) electrons. The molecule has 0 saturated heterocycles. The molecule has 1 aromatic heterocycles. The molecule has 2 N–H and O–H groups in total. The summed E-state index contributed by atoms with van der Waals surface area (Å²) in [6.45, 7) is 4.48. The van der Waals surface area contributed by atoms with Crippen molar-refractivity contribution in [3.8, 4) is 5.69 Å². The molecule has 1 aliphatic carbocycles. The minimum atomic E-state index is 0.0465. The van der Waals surface area contributed by atoms with Gasteiger partial charge in [0.05, 0.1) is 21.9 Å². The van der Waals surface area contributed by atoms with Gasteiger partial charge in [0.15, 0.2) is 0 Å². The van der Waals surface area contributed by atoms with Crippen molar-refractivity contribution in [1.29, 1.82) is 0 Å². The summed E-state index contributed by atoms with van der Waals surface area (Å²) in [5.41, 5.74) is 9.68. The van der Waals surface area contributed by atoms with Crippen molar-refractivity contribution in [1.82, 2.24) is 9.78 Å². The van der Waals surface area contributed by atoms with E-state index < -0.39 is 0 Å². The van der Waals surface area contributed by atoms with Gasteiger partial charge in [-0.1, -0.05) is 37.0 Å². The highest BCUT2D eigenvalue weighted by Gasteiger charge is 2.33. The molecule has 1 aromatic carbocycles. The third-order valence-corrected chi connectivity index (χ3v) is 4.61. The molecule has 0 saturated carbocycles. The van der Waals surface area contributed by atoms with Gasteiger partial charge in [0.25, 0.3) is 0 Å². The van der Waals surface area contributed by atoms with Crippen LogP contribution in [0.25, 0.3) is 5.69 Å². The largest absolute Gasteiger partial charge is 0.324 e. The summed E-state index contributed by atoms with van der Waals surface area (Å²) < 4.78 is 1.93. The Bertz CT molecular complexity index is 661. The Kier molecular flexibility index (Phi) is 3.32. The third-order valence-electron chi connectivity index (χ3n) is 3.87. The smallest absolute Gasteiger partial charge is 0.0664 e. The predicted octanol–water partition coefficient (Wildman–Crippen LogP) is 4.15. The number of aromatic nitrogens is 2. The van der Waals surface area contributed by atoms with E-state index in [1.54, 1.807) is 6.07 Å². The van der Waals surface area contributed by atoms with Crippen LogP contribution in [0.1, 0.15) is 37.6 Å². The number of hydrogen-bond acceptors (Lipinski definition) is 2. The molecule has 0 spiro atoms. The highest BCUT2D eigenvalue weighted by Crippen LogP contribution is 2.40. The highest BCUT2D eigenvalue weighted by molar-refractivity contribution is 6.42. The van der Waals surface area contributed by atoms with Crippen molar-refractivity contribution in [2.75, 3.05) is 0 Å². The molecule has 3 rings (SSSR count). The molecule has 0 amide bonds. The summed E-state index contributed by atoms with van der Waals surface area (Å²) in [4.78, 5) is 0. The van der Waals surface area contributed by atoms with Crippen LogP contribution in [0.3, 0.4) is 0 Å². The van der Waals surface area contributed by atoms with E-state index in [1.807, 2.05) is 23.0 Å². The van der Waals surface area contributed by atoms with Crippen LogP contribution in [0, 0.1) is 5.41 Å². The fourth-order valence-electron chi connectivity index (χ4n) is 2.94. The predicted molar refractivity (Wildman–Crippen MR) is 82.6 cm³/mol. The maximum Gasteiger partial charge on any atom is 0.0664 e. The molecule has 0 fully saturated rings. The van der Waals surface area contributed by atoms with Crippen molar-refractivity contribution in [3.05, 3.63) is 45.7 Å². The zero-order valence-corrected chi connectivity index (χ0v) is 13.0. The van der Waals surface area contributed by atoms with Crippen LogP contribution in [-0.4, -0.2) is 9.78 Å². The van der Waals surface area contributed by atoms with E-state index >= 15 is 0 Å². The Labute approximate surface area is 128 Å². The van der Waals surface area contributed by atoms with Gasteiger partial charge in [-0.3, -0.25) is 0 Å². The Hall–Kier alpha value is -1.03. The summed E-state index contributed by atoms with van der Waals surface area (Å²) in [6, 6.07) is 5.60. The first kappa shape index (κ1) is 13.9. The van der Waals surface area contributed by atoms with E-state index in [4.69, 9.17) is 28.9 Å². The number of benzene rings is 1. The molecule has 1 atom stereocenters. The topological polar surface area (TPSA) is 43.8 Å². The lowest BCUT2D eigenvalue weighted by Crippen LogP contribution is -2.30. The molecule has 0 aliphatic heterocycles. The van der Waals surface area contributed by atoms with E-state index in [2.05, 4.69) is 18.9 Å². The molecule has 2 aromatic rings. The second-order valence-electron chi connectivity index (χ2n) is 6.21. The van der Waals surface area contributed by atoms with Gasteiger partial charge in [-0.2, -0.15) is 5.10 Å². The molecule has 1 aliphatic rings. The molecule has 1 unspecified atom stereocenters. The standard InChI is InChI=1S/C15H17Cl2N3/c1-15(2)6-13(18)10-8-19-20(14(10)7-15)9-3-4-11(16)12(17)5-9/h3-5,8,13H,6-7,18H2,1-2H3. The first-order chi connectivity index (χ1) is 9.37. The minimum Gasteiger partial charge on any atom is -0.324 e. The van der Waals surface area contributed by atoms with Gasteiger partial charge in [0, 0.05) is 17.3 Å². The molecule has 106 valence electrons. The van der Waals surface area contributed by atoms with Crippen LogP contribution >= 0.6 is 23.2 Å². The Morgan fingerprint density at radius 1 is 1.30 bits per heavy atom. The highest BCUT2D eigenvalue weighted by atomic mass is 35.5. The van der Waals surface area contributed by atoms with E-state index in [0.717, 1.165) is 24.1 Å². The number of nitrogens with zero attached hydrogens (tertiary/aromatic N) is 2. The van der Waals surface area contributed by atoms with Crippen LogP contribution in [0.5, 0.6) is 0 Å². The van der Waals surface area contributed by atoms with Crippen molar-refractivity contribution >= 4 is 23.2 Å². The number of rotatable bonds is 1. The van der Waals surface area contributed by atoms with Crippen LogP contribution < -0.4 is 5.73 Å². The van der Waals surface area contributed by atoms with Gasteiger partial charge < -0.3 is 5.73 Å². The average Bonchev–Trinajstić information content (AvgIpc) is 2.75. The van der Waals surface area contributed by atoms with Gasteiger partial charge in [-0.25, -0.2) is 4.68 Å². The normalized spacial score (nSPS) is 20.8. The van der Waals surface area contributed by atoms with Crippen molar-refractivity contribution < 1.29 is 0 Å². The zero-order chi connectivity index (χ0) is 14.5. The molecule has 5 heteroatoms. The maximum absolute atomic E-state index is 6.27. The quantitative estimate of drug-likeness (QED) is 0.860. The lowest BCUT2D eigenvalue weighted by molar-refractivity contribution is 0.278. The number of fused-ring (bicyclic) bond motifs is 1. The fourth-order valence-corrected chi connectivity index (χ4v) is 3.24. The molecule has 0 bridgehead atoms. The number of nitrogens with two attached hydrogens (primary N) is 1. The van der Waals surface area contributed by atoms with E-state index in [9.17, 15) is 0 Å². The lowest BCUT2D eigenvalue weighted by atomic mass is 9.74. The van der Waals surface area contributed by atoms with Crippen LogP contribution in [-0.2, 0) is 6.42 Å². The Balaban J connectivity index is 2.10. The maximum atomic E-state index is 6.27. The second-order valence-corrected chi connectivity index (χ2v) is 7.02. The van der Waals surface area contributed by atoms with Gasteiger partial charge >= 0.3 is 0 Å². The first-order valence-corrected chi connectivity index (χ1v) is 7.41. The molecule has 20 heavy (non-hydrogen) atoms. The van der Waals surface area contributed by atoms with Gasteiger partial charge in [0.2, 0.25) is 0 Å². The van der Waals surface area contributed by atoms with Crippen molar-refractivity contribution in [3.63, 3.8) is 0 Å². The summed E-state index contributed by atoms with van der Waals surface area (Å²) in [7, 11) is 0. The molecule has 3 nitrogen and oxygen atoms in total. The SMILES string of the molecule is CC1(C)Cc2c(cnn2-c2ccc(Cl)c(Cl)c2)C(N)C1. The number of hydrogen-bond donors (Lipinski definition) is 1. The van der Waals surface area contributed by atoms with Gasteiger partial charge in [-0.15, -0.1) is 0 Å². The van der Waals surface area contributed by atoms with Crippen molar-refractivity contribution in [2.24, 2.45) is 11.1 Å². The summed E-state index contributed by atoms with van der Waals surface area (Å²) in [5.74, 6) is 0. The Morgan fingerprint density at radius 3 is 2.75 bits per heavy atom. The second kappa shape index (κ2) is 4.76. The number of halogens is 2. The fraction of sp³-hybridized carbons (Fsp3) is 0.400. The monoisotopic (exact) mass is 309 g/mol. The van der Waals surface area contributed by atoms with Crippen LogP contribution in [0.15, 0.2) is 24.4 Å². The summed E-state index contributed by atoms with van der Waals surface area (Å²) >= 11 is 12.1. The van der Waals surface area contributed by atoms with Crippen LogP contribution in [0.4, 0.5) is 0 Å². The van der Waals surface area contributed by atoms with Gasteiger partial charge in [-0.05, 0) is 36.5 Å². The van der Waals surface area contributed by atoms with E-state index in [0.29, 0.717) is 10.0 Å².